The third-order valence-electron chi connectivity index (χ3n) is 2.13. The van der Waals surface area contributed by atoms with E-state index in [1.807, 2.05) is 13.8 Å². The standard InChI is InChI=1S/C9H12N4O2S/c1-6(2)3-16(14,15)9-7-8(11-4-10-7)12-5-13-9/h4-7H,3H2,1-2H3. The molecule has 1 atom stereocenters. The highest BCUT2D eigenvalue weighted by Gasteiger charge is 2.35. The third-order valence-corrected chi connectivity index (χ3v) is 4.20. The van der Waals surface area contributed by atoms with Crippen LogP contribution in [0.3, 0.4) is 0 Å². The Morgan fingerprint density at radius 1 is 1.31 bits per heavy atom. The molecule has 0 fully saturated rings. The van der Waals surface area contributed by atoms with Crippen LogP contribution in [0.4, 0.5) is 0 Å². The van der Waals surface area contributed by atoms with Gasteiger partial charge in [-0.15, -0.1) is 0 Å². The number of rotatable bonds is 2. The van der Waals surface area contributed by atoms with Crippen molar-refractivity contribution in [3.8, 4) is 0 Å². The summed E-state index contributed by atoms with van der Waals surface area (Å²) < 4.78 is 24.0. The zero-order valence-corrected chi connectivity index (χ0v) is 9.85. The Morgan fingerprint density at radius 2 is 2.06 bits per heavy atom. The molecular weight excluding hydrogens is 228 g/mol. The molecule has 0 saturated carbocycles. The first-order chi connectivity index (χ1) is 7.50. The van der Waals surface area contributed by atoms with Crippen molar-refractivity contribution in [1.82, 2.24) is 0 Å². The van der Waals surface area contributed by atoms with E-state index in [9.17, 15) is 8.42 Å². The van der Waals surface area contributed by atoms with Crippen LogP contribution in [0.5, 0.6) is 0 Å². The van der Waals surface area contributed by atoms with E-state index in [1.165, 1.54) is 12.7 Å². The summed E-state index contributed by atoms with van der Waals surface area (Å²) in [5.41, 5.74) is 0. The van der Waals surface area contributed by atoms with Gasteiger partial charge in [-0.1, -0.05) is 13.8 Å². The molecular formula is C9H12N4O2S. The Hall–Kier alpha value is -1.37. The highest BCUT2D eigenvalue weighted by Crippen LogP contribution is 2.15. The molecule has 0 aliphatic carbocycles. The quantitative estimate of drug-likeness (QED) is 0.695. The molecule has 7 heteroatoms. The summed E-state index contributed by atoms with van der Waals surface area (Å²) in [5.74, 6) is 0.522. The van der Waals surface area contributed by atoms with E-state index in [2.05, 4.69) is 20.0 Å². The second-order valence-electron chi connectivity index (χ2n) is 4.04. The van der Waals surface area contributed by atoms with Crippen LogP contribution in [0.15, 0.2) is 20.0 Å². The highest BCUT2D eigenvalue weighted by atomic mass is 32.2. The van der Waals surface area contributed by atoms with E-state index in [0.717, 1.165) is 0 Å². The molecule has 0 N–H and O–H groups in total. The van der Waals surface area contributed by atoms with Gasteiger partial charge in [0, 0.05) is 0 Å². The van der Waals surface area contributed by atoms with Gasteiger partial charge < -0.3 is 0 Å². The van der Waals surface area contributed by atoms with Crippen molar-refractivity contribution in [1.29, 1.82) is 0 Å². The average Bonchev–Trinajstić information content (AvgIpc) is 2.62. The van der Waals surface area contributed by atoms with Crippen molar-refractivity contribution in [3.05, 3.63) is 0 Å². The minimum atomic E-state index is -3.37. The normalized spacial score (nSPS) is 23.3. The number of nitrogens with zero attached hydrogens (tertiary/aromatic N) is 4. The van der Waals surface area contributed by atoms with Gasteiger partial charge in [0.05, 0.1) is 5.75 Å². The van der Waals surface area contributed by atoms with E-state index in [-0.39, 0.29) is 16.7 Å². The molecule has 2 aliphatic heterocycles. The zero-order valence-electron chi connectivity index (χ0n) is 9.03. The minimum absolute atomic E-state index is 0.0531. The van der Waals surface area contributed by atoms with Gasteiger partial charge >= 0.3 is 0 Å². The summed E-state index contributed by atoms with van der Waals surface area (Å²) in [6, 6.07) is -0.631. The second kappa shape index (κ2) is 3.89. The number of fused-ring (bicyclic) bond motifs is 1. The molecule has 0 aromatic carbocycles. The Bertz CT molecular complexity index is 514. The number of aliphatic imine (C=N–C) groups is 4. The molecule has 0 saturated heterocycles. The SMILES string of the molecule is CC(C)CS(=O)(=O)C1=NC=NC2=NC=NC21. The lowest BCUT2D eigenvalue weighted by Crippen LogP contribution is -2.36. The number of sulfone groups is 1. The van der Waals surface area contributed by atoms with E-state index < -0.39 is 15.9 Å². The molecule has 0 bridgehead atoms. The molecule has 0 aromatic heterocycles. The second-order valence-corrected chi connectivity index (χ2v) is 6.02. The molecule has 86 valence electrons. The molecule has 2 heterocycles. The van der Waals surface area contributed by atoms with Crippen LogP contribution in [-0.4, -0.2) is 43.8 Å². The molecule has 2 rings (SSSR count). The van der Waals surface area contributed by atoms with Crippen LogP contribution in [-0.2, 0) is 9.84 Å². The lowest BCUT2D eigenvalue weighted by molar-refractivity contribution is 0.593. The van der Waals surface area contributed by atoms with Gasteiger partial charge in [-0.25, -0.2) is 23.4 Å². The summed E-state index contributed by atoms with van der Waals surface area (Å²) in [4.78, 5) is 15.6. The topological polar surface area (TPSA) is 83.6 Å². The number of hydrogen-bond acceptors (Lipinski definition) is 6. The van der Waals surface area contributed by atoms with Crippen molar-refractivity contribution in [2.24, 2.45) is 25.9 Å². The van der Waals surface area contributed by atoms with Crippen molar-refractivity contribution in [2.75, 3.05) is 5.75 Å². The van der Waals surface area contributed by atoms with Gasteiger partial charge in [0.1, 0.15) is 12.7 Å². The third kappa shape index (κ3) is 1.95. The van der Waals surface area contributed by atoms with Gasteiger partial charge in [0.15, 0.2) is 26.8 Å². The fourth-order valence-electron chi connectivity index (χ4n) is 1.56. The maximum absolute atomic E-state index is 12.0. The Balaban J connectivity index is 2.34. The monoisotopic (exact) mass is 240 g/mol. The molecule has 0 aromatic rings. The molecule has 1 unspecified atom stereocenters. The van der Waals surface area contributed by atoms with Gasteiger partial charge in [-0.2, -0.15) is 0 Å². The molecule has 6 nitrogen and oxygen atoms in total. The number of hydrogen-bond donors (Lipinski definition) is 0. The van der Waals surface area contributed by atoms with Crippen LogP contribution in [0.1, 0.15) is 13.8 Å². The molecule has 16 heavy (non-hydrogen) atoms. The lowest BCUT2D eigenvalue weighted by Gasteiger charge is -2.15. The van der Waals surface area contributed by atoms with Crippen LogP contribution in [0.25, 0.3) is 0 Å². The lowest BCUT2D eigenvalue weighted by atomic mass is 10.3. The van der Waals surface area contributed by atoms with Crippen LogP contribution >= 0.6 is 0 Å². The maximum Gasteiger partial charge on any atom is 0.194 e. The van der Waals surface area contributed by atoms with E-state index in [4.69, 9.17) is 0 Å². The maximum atomic E-state index is 12.0. The summed E-state index contributed by atoms with van der Waals surface area (Å²) in [6.07, 6.45) is 2.54. The summed E-state index contributed by atoms with van der Waals surface area (Å²) in [7, 11) is -3.37. The smallest absolute Gasteiger partial charge is 0.194 e. The Morgan fingerprint density at radius 3 is 2.75 bits per heavy atom. The number of amidine groups is 1. The van der Waals surface area contributed by atoms with Gasteiger partial charge in [-0.3, -0.25) is 4.99 Å². The highest BCUT2D eigenvalue weighted by molar-refractivity contribution is 8.06. The first-order valence-electron chi connectivity index (χ1n) is 4.93. The van der Waals surface area contributed by atoms with E-state index >= 15 is 0 Å². The summed E-state index contributed by atoms with van der Waals surface area (Å²) >= 11 is 0. The molecule has 0 amide bonds. The zero-order chi connectivity index (χ0) is 11.8. The summed E-state index contributed by atoms with van der Waals surface area (Å²) in [5, 5.41) is 0.0590. The van der Waals surface area contributed by atoms with Crippen molar-refractivity contribution in [2.45, 2.75) is 19.9 Å². The molecule has 2 aliphatic rings. The van der Waals surface area contributed by atoms with E-state index in [0.29, 0.717) is 5.84 Å². The van der Waals surface area contributed by atoms with Crippen molar-refractivity contribution < 1.29 is 8.42 Å². The van der Waals surface area contributed by atoms with Crippen LogP contribution < -0.4 is 0 Å². The molecule has 0 spiro atoms. The Kier molecular flexibility index (Phi) is 2.71. The van der Waals surface area contributed by atoms with Crippen LogP contribution in [0.2, 0.25) is 0 Å². The van der Waals surface area contributed by atoms with Gasteiger partial charge in [0.25, 0.3) is 0 Å². The van der Waals surface area contributed by atoms with Crippen molar-refractivity contribution >= 4 is 33.4 Å². The first-order valence-corrected chi connectivity index (χ1v) is 6.58. The predicted octanol–water partition coefficient (Wildman–Crippen LogP) is 0.307. The minimum Gasteiger partial charge on any atom is -0.255 e. The van der Waals surface area contributed by atoms with E-state index in [1.54, 1.807) is 0 Å². The summed E-state index contributed by atoms with van der Waals surface area (Å²) in [6.45, 7) is 3.70. The van der Waals surface area contributed by atoms with Gasteiger partial charge in [-0.05, 0) is 5.92 Å². The van der Waals surface area contributed by atoms with Gasteiger partial charge in [0.2, 0.25) is 0 Å². The fourth-order valence-corrected chi connectivity index (χ4v) is 3.33. The average molecular weight is 240 g/mol. The van der Waals surface area contributed by atoms with Crippen LogP contribution in [0, 0.1) is 5.92 Å². The first kappa shape index (κ1) is 11.1. The Labute approximate surface area is 93.9 Å². The largest absolute Gasteiger partial charge is 0.255 e. The molecule has 0 radical (unpaired) electrons. The predicted molar refractivity (Wildman–Crippen MR) is 64.3 cm³/mol. The van der Waals surface area contributed by atoms with Crippen molar-refractivity contribution in [3.63, 3.8) is 0 Å². The fraction of sp³-hybridized carbons (Fsp3) is 0.556.